The molecule has 1 saturated heterocycles. The molecule has 0 spiro atoms. The first-order valence-electron chi connectivity index (χ1n) is 9.78. The fraction of sp³-hybridized carbons (Fsp3) is 0.364. The summed E-state index contributed by atoms with van der Waals surface area (Å²) in [4.78, 5) is 5.03. The smallest absolute Gasteiger partial charge is 0.113 e. The highest BCUT2D eigenvalue weighted by molar-refractivity contribution is 5.61. The first kappa shape index (κ1) is 17.7. The maximum absolute atomic E-state index is 4.35. The Hall–Kier alpha value is -2.66. The second-order valence-electron chi connectivity index (χ2n) is 7.20. The first-order valence-corrected chi connectivity index (χ1v) is 9.78. The molecule has 0 amide bonds. The standard InChI is InChI=1S/C22H27N5/c1-19-8-5-6-11-21(19)22-18-27(24-23-22)13-7-12-25-14-16-26(17-15-25)20-9-3-2-4-10-20/h2-6,8-11,18H,7,12-17H2,1H3. The van der Waals surface area contributed by atoms with Crippen LogP contribution in [-0.4, -0.2) is 52.6 Å². The molecule has 2 heterocycles. The highest BCUT2D eigenvalue weighted by Gasteiger charge is 2.16. The van der Waals surface area contributed by atoms with Gasteiger partial charge in [0, 0.05) is 50.5 Å². The molecule has 5 nitrogen and oxygen atoms in total. The summed E-state index contributed by atoms with van der Waals surface area (Å²) in [6.07, 6.45) is 3.16. The van der Waals surface area contributed by atoms with Crippen molar-refractivity contribution in [2.24, 2.45) is 0 Å². The quantitative estimate of drug-likeness (QED) is 0.674. The number of para-hydroxylation sites is 1. The van der Waals surface area contributed by atoms with E-state index in [9.17, 15) is 0 Å². The van der Waals surface area contributed by atoms with Gasteiger partial charge in [-0.25, -0.2) is 0 Å². The van der Waals surface area contributed by atoms with Crippen LogP contribution in [0.25, 0.3) is 11.3 Å². The van der Waals surface area contributed by atoms with Crippen LogP contribution in [0.1, 0.15) is 12.0 Å². The third-order valence-electron chi connectivity index (χ3n) is 5.31. The minimum Gasteiger partial charge on any atom is -0.369 e. The summed E-state index contributed by atoms with van der Waals surface area (Å²) >= 11 is 0. The summed E-state index contributed by atoms with van der Waals surface area (Å²) in [5, 5.41) is 8.66. The van der Waals surface area contributed by atoms with Gasteiger partial charge < -0.3 is 4.90 Å². The molecule has 1 fully saturated rings. The molecule has 5 heteroatoms. The van der Waals surface area contributed by atoms with Crippen molar-refractivity contribution in [3.63, 3.8) is 0 Å². The zero-order valence-electron chi connectivity index (χ0n) is 16.0. The molecule has 1 aliphatic rings. The molecule has 27 heavy (non-hydrogen) atoms. The first-order chi connectivity index (χ1) is 13.3. The van der Waals surface area contributed by atoms with Crippen LogP contribution in [0.2, 0.25) is 0 Å². The van der Waals surface area contributed by atoms with Crippen LogP contribution in [0.5, 0.6) is 0 Å². The van der Waals surface area contributed by atoms with Crippen molar-refractivity contribution < 1.29 is 0 Å². The topological polar surface area (TPSA) is 37.2 Å². The van der Waals surface area contributed by atoms with E-state index in [2.05, 4.69) is 87.8 Å². The van der Waals surface area contributed by atoms with Crippen molar-refractivity contribution in [2.45, 2.75) is 19.9 Å². The van der Waals surface area contributed by atoms with E-state index in [0.29, 0.717) is 0 Å². The lowest BCUT2D eigenvalue weighted by molar-refractivity contribution is 0.249. The lowest BCUT2D eigenvalue weighted by Gasteiger charge is -2.36. The summed E-state index contributed by atoms with van der Waals surface area (Å²) in [5.74, 6) is 0. The number of hydrogen-bond acceptors (Lipinski definition) is 4. The van der Waals surface area contributed by atoms with E-state index in [1.54, 1.807) is 0 Å². The normalized spacial score (nSPS) is 15.2. The zero-order valence-corrected chi connectivity index (χ0v) is 16.0. The molecule has 0 unspecified atom stereocenters. The van der Waals surface area contributed by atoms with Gasteiger partial charge in [-0.05, 0) is 31.0 Å². The van der Waals surface area contributed by atoms with Gasteiger partial charge in [0.05, 0.1) is 6.20 Å². The monoisotopic (exact) mass is 361 g/mol. The van der Waals surface area contributed by atoms with Gasteiger partial charge in [-0.15, -0.1) is 5.10 Å². The third-order valence-corrected chi connectivity index (χ3v) is 5.31. The molecule has 0 N–H and O–H groups in total. The molecule has 4 rings (SSSR count). The molecular formula is C22H27N5. The van der Waals surface area contributed by atoms with Gasteiger partial charge in [0.15, 0.2) is 0 Å². The maximum Gasteiger partial charge on any atom is 0.113 e. The van der Waals surface area contributed by atoms with Crippen LogP contribution in [0.4, 0.5) is 5.69 Å². The predicted molar refractivity (Wildman–Crippen MR) is 110 cm³/mol. The van der Waals surface area contributed by atoms with E-state index < -0.39 is 0 Å². The molecular weight excluding hydrogens is 334 g/mol. The maximum atomic E-state index is 4.35. The highest BCUT2D eigenvalue weighted by atomic mass is 15.4. The summed E-state index contributed by atoms with van der Waals surface area (Å²) in [7, 11) is 0. The van der Waals surface area contributed by atoms with Gasteiger partial charge in [0.25, 0.3) is 0 Å². The van der Waals surface area contributed by atoms with Crippen LogP contribution in [0.3, 0.4) is 0 Å². The van der Waals surface area contributed by atoms with Gasteiger partial charge in [0.1, 0.15) is 5.69 Å². The molecule has 0 atom stereocenters. The minimum absolute atomic E-state index is 0.914. The van der Waals surface area contributed by atoms with Crippen molar-refractivity contribution in [3.8, 4) is 11.3 Å². The number of aryl methyl sites for hydroxylation is 2. The van der Waals surface area contributed by atoms with Gasteiger partial charge in [-0.2, -0.15) is 0 Å². The number of nitrogens with zero attached hydrogens (tertiary/aromatic N) is 5. The van der Waals surface area contributed by atoms with E-state index in [1.807, 2.05) is 4.68 Å². The van der Waals surface area contributed by atoms with Crippen molar-refractivity contribution in [1.82, 2.24) is 19.9 Å². The Bertz CT molecular complexity index is 850. The lowest BCUT2D eigenvalue weighted by Crippen LogP contribution is -2.46. The number of benzene rings is 2. The number of rotatable bonds is 6. The molecule has 0 saturated carbocycles. The average Bonchev–Trinajstić information content (AvgIpc) is 3.18. The van der Waals surface area contributed by atoms with Crippen LogP contribution in [0.15, 0.2) is 60.8 Å². The highest BCUT2D eigenvalue weighted by Crippen LogP contribution is 2.20. The van der Waals surface area contributed by atoms with Crippen molar-refractivity contribution in [2.75, 3.05) is 37.6 Å². The van der Waals surface area contributed by atoms with E-state index in [-0.39, 0.29) is 0 Å². The van der Waals surface area contributed by atoms with Crippen LogP contribution in [-0.2, 0) is 6.54 Å². The lowest BCUT2D eigenvalue weighted by atomic mass is 10.1. The van der Waals surface area contributed by atoms with Crippen molar-refractivity contribution >= 4 is 5.69 Å². The SMILES string of the molecule is Cc1ccccc1-c1cn(CCCN2CCN(c3ccccc3)CC2)nn1. The van der Waals surface area contributed by atoms with Gasteiger partial charge in [0.2, 0.25) is 0 Å². The van der Waals surface area contributed by atoms with Gasteiger partial charge in [-0.1, -0.05) is 47.7 Å². The molecule has 1 aliphatic heterocycles. The molecule has 0 radical (unpaired) electrons. The summed E-state index contributed by atoms with van der Waals surface area (Å²) in [6, 6.07) is 19.0. The molecule has 3 aromatic rings. The second kappa shape index (κ2) is 8.35. The Morgan fingerprint density at radius 1 is 0.852 bits per heavy atom. The van der Waals surface area contributed by atoms with Crippen molar-refractivity contribution in [3.05, 3.63) is 66.4 Å². The third kappa shape index (κ3) is 4.37. The molecule has 140 valence electrons. The van der Waals surface area contributed by atoms with Crippen LogP contribution < -0.4 is 4.90 Å². The molecule has 1 aromatic heterocycles. The molecule has 0 aliphatic carbocycles. The number of piperazine rings is 1. The Kier molecular flexibility index (Phi) is 5.49. The van der Waals surface area contributed by atoms with Crippen molar-refractivity contribution in [1.29, 1.82) is 0 Å². The molecule has 2 aromatic carbocycles. The van der Waals surface area contributed by atoms with E-state index in [1.165, 1.54) is 16.8 Å². The fourth-order valence-corrected chi connectivity index (χ4v) is 3.72. The number of anilines is 1. The Morgan fingerprint density at radius 3 is 2.37 bits per heavy atom. The van der Waals surface area contributed by atoms with Gasteiger partial charge in [-0.3, -0.25) is 9.58 Å². The Morgan fingerprint density at radius 2 is 1.59 bits per heavy atom. The van der Waals surface area contributed by atoms with Gasteiger partial charge >= 0.3 is 0 Å². The van der Waals surface area contributed by atoms with E-state index >= 15 is 0 Å². The second-order valence-corrected chi connectivity index (χ2v) is 7.20. The summed E-state index contributed by atoms with van der Waals surface area (Å²) in [6.45, 7) is 8.60. The largest absolute Gasteiger partial charge is 0.369 e. The number of hydrogen-bond donors (Lipinski definition) is 0. The predicted octanol–water partition coefficient (Wildman–Crippen LogP) is 3.47. The summed E-state index contributed by atoms with van der Waals surface area (Å²) < 4.78 is 1.97. The van der Waals surface area contributed by atoms with Crippen LogP contribution in [0, 0.1) is 6.92 Å². The minimum atomic E-state index is 0.914. The van der Waals surface area contributed by atoms with Crippen LogP contribution >= 0.6 is 0 Å². The van der Waals surface area contributed by atoms with E-state index in [4.69, 9.17) is 0 Å². The molecule has 0 bridgehead atoms. The Balaban J connectivity index is 1.24. The Labute approximate surface area is 161 Å². The average molecular weight is 361 g/mol. The number of aromatic nitrogens is 3. The zero-order chi connectivity index (χ0) is 18.5. The fourth-order valence-electron chi connectivity index (χ4n) is 3.72. The van der Waals surface area contributed by atoms with E-state index in [0.717, 1.165) is 51.4 Å². The summed E-state index contributed by atoms with van der Waals surface area (Å²) in [5.41, 5.74) is 4.70.